The third-order valence-electron chi connectivity index (χ3n) is 8.84. The Bertz CT molecular complexity index is 1250. The lowest BCUT2D eigenvalue weighted by Crippen LogP contribution is -2.50. The molecule has 11 nitrogen and oxygen atoms in total. The Morgan fingerprint density at radius 1 is 1.00 bits per heavy atom. The van der Waals surface area contributed by atoms with Gasteiger partial charge in [-0.15, -0.1) is 0 Å². The quantitative estimate of drug-likeness (QED) is 0.207. The lowest BCUT2D eigenvalue weighted by molar-refractivity contribution is -0.128. The molecule has 0 unspecified atom stereocenters. The van der Waals surface area contributed by atoms with E-state index in [4.69, 9.17) is 14.2 Å². The van der Waals surface area contributed by atoms with Crippen molar-refractivity contribution in [2.45, 2.75) is 89.4 Å². The molecule has 4 rings (SSSR count). The van der Waals surface area contributed by atoms with E-state index in [1.165, 1.54) is 0 Å². The van der Waals surface area contributed by atoms with Crippen LogP contribution >= 0.6 is 0 Å². The number of aliphatic hydroxyl groups excluding tert-OH is 3. The zero-order valence-electron chi connectivity index (χ0n) is 28.1. The SMILES string of the molecule is C[C@H]1C[C@@H](O)[C@@H](O)[C@H]1NC(=O)[C@H](Cc1ccc(OCCN2CCOCC2)cc1)C[C@H](O)[C@H](Cc1ccccc1)NC(=O)OC(C)(C)C. The second-order valence-corrected chi connectivity index (χ2v) is 13.9. The number of hydrogen-bond acceptors (Lipinski definition) is 9. The van der Waals surface area contributed by atoms with Gasteiger partial charge < -0.3 is 40.2 Å². The van der Waals surface area contributed by atoms with Crippen LogP contribution in [-0.4, -0.2) is 108 Å². The highest BCUT2D eigenvalue weighted by Gasteiger charge is 2.41. The van der Waals surface area contributed by atoms with Crippen LogP contribution in [0.25, 0.3) is 0 Å². The van der Waals surface area contributed by atoms with Crippen molar-refractivity contribution in [3.63, 3.8) is 0 Å². The number of ether oxygens (including phenoxy) is 3. The van der Waals surface area contributed by atoms with Crippen molar-refractivity contribution in [1.82, 2.24) is 15.5 Å². The molecular weight excluding hydrogens is 602 g/mol. The van der Waals surface area contributed by atoms with Crippen molar-refractivity contribution >= 4 is 12.0 Å². The molecule has 11 heteroatoms. The number of morpholine rings is 1. The lowest BCUT2D eigenvalue weighted by Gasteiger charge is -2.30. The fraction of sp³-hybridized carbons (Fsp3) is 0.611. The summed E-state index contributed by atoms with van der Waals surface area (Å²) in [5.74, 6) is -0.433. The summed E-state index contributed by atoms with van der Waals surface area (Å²) in [7, 11) is 0. The normalized spacial score (nSPS) is 23.8. The first-order chi connectivity index (χ1) is 22.4. The first kappa shape index (κ1) is 36.6. The predicted molar refractivity (Wildman–Crippen MR) is 178 cm³/mol. The van der Waals surface area contributed by atoms with Crippen LogP contribution < -0.4 is 15.4 Å². The molecule has 1 aliphatic carbocycles. The van der Waals surface area contributed by atoms with Gasteiger partial charge >= 0.3 is 6.09 Å². The highest BCUT2D eigenvalue weighted by Crippen LogP contribution is 2.28. The van der Waals surface area contributed by atoms with Crippen LogP contribution in [0.15, 0.2) is 54.6 Å². The van der Waals surface area contributed by atoms with Gasteiger partial charge in [-0.05, 0) is 75.6 Å². The van der Waals surface area contributed by atoms with Gasteiger partial charge in [0.1, 0.15) is 24.1 Å². The van der Waals surface area contributed by atoms with Crippen molar-refractivity contribution in [2.24, 2.45) is 11.8 Å². The smallest absolute Gasteiger partial charge is 0.407 e. The monoisotopic (exact) mass is 655 g/mol. The number of nitrogens with one attached hydrogen (secondary N) is 2. The zero-order valence-corrected chi connectivity index (χ0v) is 28.1. The second kappa shape index (κ2) is 17.3. The molecule has 2 aliphatic rings. The molecule has 0 aromatic heterocycles. The van der Waals surface area contributed by atoms with Crippen molar-refractivity contribution in [2.75, 3.05) is 39.5 Å². The van der Waals surface area contributed by atoms with Crippen LogP contribution in [0.1, 0.15) is 51.7 Å². The Morgan fingerprint density at radius 3 is 2.28 bits per heavy atom. The number of carbonyl (C=O) groups excluding carboxylic acids is 2. The molecule has 260 valence electrons. The molecule has 0 radical (unpaired) electrons. The zero-order chi connectivity index (χ0) is 34.0. The number of amides is 2. The van der Waals surface area contributed by atoms with E-state index in [9.17, 15) is 24.9 Å². The maximum atomic E-state index is 13.8. The van der Waals surface area contributed by atoms with E-state index in [1.54, 1.807) is 20.8 Å². The van der Waals surface area contributed by atoms with E-state index < -0.39 is 48.0 Å². The lowest BCUT2D eigenvalue weighted by atomic mass is 9.88. The summed E-state index contributed by atoms with van der Waals surface area (Å²) in [6.07, 6.45) is -2.69. The molecule has 1 saturated carbocycles. The minimum absolute atomic E-state index is 0.0384. The predicted octanol–water partition coefficient (Wildman–Crippen LogP) is 2.69. The van der Waals surface area contributed by atoms with E-state index in [2.05, 4.69) is 15.5 Å². The molecule has 2 fully saturated rings. The standard InChI is InChI=1S/C36H53N3O8/c1-24-20-31(41)33(42)32(24)38-34(43)27(21-26-10-12-28(13-11-26)46-19-16-39-14-17-45-18-15-39)23-30(40)29(22-25-8-6-5-7-9-25)37-35(44)47-36(2,3)4/h5-13,24,27,29-33,40-42H,14-23H2,1-4H3,(H,37,44)(H,38,43)/t24-,27+,29-,30-,31+,32-,33+/m0/s1. The van der Waals surface area contributed by atoms with Gasteiger partial charge in [-0.25, -0.2) is 4.79 Å². The summed E-state index contributed by atoms with van der Waals surface area (Å²) in [5, 5.41) is 38.1. The summed E-state index contributed by atoms with van der Waals surface area (Å²) >= 11 is 0. The molecule has 0 spiro atoms. The number of hydrogen-bond donors (Lipinski definition) is 5. The molecule has 47 heavy (non-hydrogen) atoms. The average Bonchev–Trinajstić information content (AvgIpc) is 3.26. The Hall–Kier alpha value is -3.22. The number of aliphatic hydroxyl groups is 3. The van der Waals surface area contributed by atoms with Crippen molar-refractivity contribution in [1.29, 1.82) is 0 Å². The van der Waals surface area contributed by atoms with E-state index in [0.29, 0.717) is 25.9 Å². The van der Waals surface area contributed by atoms with Gasteiger partial charge in [0, 0.05) is 25.6 Å². The fourth-order valence-electron chi connectivity index (χ4n) is 6.23. The van der Waals surface area contributed by atoms with Crippen LogP contribution in [0, 0.1) is 11.8 Å². The molecule has 2 aromatic carbocycles. The molecule has 7 atom stereocenters. The first-order valence-corrected chi connectivity index (χ1v) is 16.8. The minimum Gasteiger partial charge on any atom is -0.492 e. The highest BCUT2D eigenvalue weighted by molar-refractivity contribution is 5.79. The highest BCUT2D eigenvalue weighted by atomic mass is 16.6. The molecular formula is C36H53N3O8. The summed E-state index contributed by atoms with van der Waals surface area (Å²) in [6, 6.07) is 15.7. The molecule has 5 N–H and O–H groups in total. The van der Waals surface area contributed by atoms with E-state index >= 15 is 0 Å². The topological polar surface area (TPSA) is 150 Å². The van der Waals surface area contributed by atoms with Gasteiger partial charge in [-0.2, -0.15) is 0 Å². The van der Waals surface area contributed by atoms with E-state index in [-0.39, 0.29) is 18.2 Å². The average molecular weight is 656 g/mol. The van der Waals surface area contributed by atoms with E-state index in [0.717, 1.165) is 49.7 Å². The number of nitrogens with zero attached hydrogens (tertiary/aromatic N) is 1. The van der Waals surface area contributed by atoms with Gasteiger partial charge in [0.05, 0.1) is 37.5 Å². The molecule has 1 aliphatic heterocycles. The van der Waals surface area contributed by atoms with Crippen molar-refractivity contribution in [3.05, 3.63) is 65.7 Å². The summed E-state index contributed by atoms with van der Waals surface area (Å²) in [4.78, 5) is 28.9. The Balaban J connectivity index is 1.47. The van der Waals surface area contributed by atoms with Gasteiger partial charge in [0.15, 0.2) is 0 Å². The van der Waals surface area contributed by atoms with Gasteiger partial charge in [0.25, 0.3) is 0 Å². The fourth-order valence-corrected chi connectivity index (χ4v) is 6.23. The first-order valence-electron chi connectivity index (χ1n) is 16.8. The van der Waals surface area contributed by atoms with Crippen LogP contribution in [0.4, 0.5) is 4.79 Å². The maximum Gasteiger partial charge on any atom is 0.407 e. The van der Waals surface area contributed by atoms with Crippen molar-refractivity contribution < 1.29 is 39.1 Å². The third kappa shape index (κ3) is 11.8. The molecule has 0 bridgehead atoms. The molecule has 2 aromatic rings. The molecule has 2 amide bonds. The minimum atomic E-state index is -1.10. The molecule has 1 heterocycles. The van der Waals surface area contributed by atoms with Crippen LogP contribution in [0.2, 0.25) is 0 Å². The second-order valence-electron chi connectivity index (χ2n) is 13.9. The van der Waals surface area contributed by atoms with Crippen LogP contribution in [-0.2, 0) is 27.1 Å². The Morgan fingerprint density at radius 2 is 1.66 bits per heavy atom. The van der Waals surface area contributed by atoms with Gasteiger partial charge in [-0.3, -0.25) is 9.69 Å². The maximum absolute atomic E-state index is 13.8. The third-order valence-corrected chi connectivity index (χ3v) is 8.84. The summed E-state index contributed by atoms with van der Waals surface area (Å²) in [5.41, 5.74) is 1.06. The van der Waals surface area contributed by atoms with Crippen LogP contribution in [0.5, 0.6) is 5.75 Å². The summed E-state index contributed by atoms with van der Waals surface area (Å²) < 4.78 is 16.8. The van der Waals surface area contributed by atoms with E-state index in [1.807, 2.05) is 61.5 Å². The number of rotatable bonds is 14. The van der Waals surface area contributed by atoms with Gasteiger partial charge in [-0.1, -0.05) is 49.4 Å². The van der Waals surface area contributed by atoms with Crippen molar-refractivity contribution in [3.8, 4) is 5.75 Å². The Labute approximate surface area is 278 Å². The largest absolute Gasteiger partial charge is 0.492 e. The summed E-state index contributed by atoms with van der Waals surface area (Å²) in [6.45, 7) is 11.8. The Kier molecular flexibility index (Phi) is 13.4. The molecule has 1 saturated heterocycles. The van der Waals surface area contributed by atoms with Gasteiger partial charge in [0.2, 0.25) is 5.91 Å². The van der Waals surface area contributed by atoms with Crippen LogP contribution in [0.3, 0.4) is 0 Å². The number of carbonyl (C=O) groups is 2. The number of alkyl carbamates (subject to hydrolysis) is 1. The number of benzene rings is 2.